The van der Waals surface area contributed by atoms with Crippen LogP contribution in [0.1, 0.15) is 38.5 Å². The largest absolute Gasteiger partial charge is 0.496 e. The van der Waals surface area contributed by atoms with Crippen LogP contribution in [0.15, 0.2) is 30.5 Å². The number of para-hydroxylation sites is 1. The molecular weight excluding hydrogens is 384 g/mol. The minimum absolute atomic E-state index is 0.0258. The van der Waals surface area contributed by atoms with Crippen LogP contribution in [0.3, 0.4) is 0 Å². The van der Waals surface area contributed by atoms with Crippen molar-refractivity contribution in [2.45, 2.75) is 63.3 Å². The number of nitrogens with zero attached hydrogens (tertiary/aromatic N) is 3. The van der Waals surface area contributed by atoms with Gasteiger partial charge in [0.25, 0.3) is 0 Å². The fraction of sp³-hybridized carbons (Fsp3) is 0.591. The Bertz CT molecular complexity index is 851. The van der Waals surface area contributed by atoms with E-state index in [1.54, 1.807) is 7.11 Å². The first-order valence-corrected chi connectivity index (χ1v) is 10.8. The summed E-state index contributed by atoms with van der Waals surface area (Å²) in [7, 11) is 1.64. The van der Waals surface area contributed by atoms with Gasteiger partial charge < -0.3 is 19.9 Å². The van der Waals surface area contributed by atoms with E-state index < -0.39 is 0 Å². The number of aromatic nitrogens is 3. The minimum Gasteiger partial charge on any atom is -0.496 e. The standard InChI is InChI=1S/C22H30N4O4/c1-29-20-8-3-2-7-17(20)19-13-26(25-24-19)12-11-16-9-10-18(21(14-27)30-16)23-22(28)15-5-4-6-15/h2-3,7-8,13,15-16,18,21,27H,4-6,9-12,14H2,1H3,(H,23,28)/t16-,18+,21+/m0/s1. The normalized spacial score (nSPS) is 24.3. The summed E-state index contributed by atoms with van der Waals surface area (Å²) in [6.45, 7) is 0.581. The van der Waals surface area contributed by atoms with Gasteiger partial charge in [-0.2, -0.15) is 0 Å². The summed E-state index contributed by atoms with van der Waals surface area (Å²) >= 11 is 0. The zero-order valence-electron chi connectivity index (χ0n) is 17.4. The molecule has 1 amide bonds. The predicted molar refractivity (Wildman–Crippen MR) is 111 cm³/mol. The fourth-order valence-electron chi connectivity index (χ4n) is 4.14. The quantitative estimate of drug-likeness (QED) is 0.687. The number of rotatable bonds is 8. The third-order valence-corrected chi connectivity index (χ3v) is 6.20. The molecular formula is C22H30N4O4. The van der Waals surface area contributed by atoms with Gasteiger partial charge in [-0.15, -0.1) is 5.10 Å². The van der Waals surface area contributed by atoms with Gasteiger partial charge >= 0.3 is 0 Å². The van der Waals surface area contributed by atoms with Crippen molar-refractivity contribution >= 4 is 5.91 Å². The number of hydrogen-bond donors (Lipinski definition) is 2. The predicted octanol–water partition coefficient (Wildman–Crippen LogP) is 2.17. The van der Waals surface area contributed by atoms with Gasteiger partial charge in [0.05, 0.1) is 32.1 Å². The third kappa shape index (κ3) is 4.65. The lowest BCUT2D eigenvalue weighted by atomic mass is 9.84. The second kappa shape index (κ2) is 9.57. The molecule has 1 aromatic heterocycles. The van der Waals surface area contributed by atoms with Crippen LogP contribution in [0.5, 0.6) is 5.75 Å². The maximum atomic E-state index is 12.2. The maximum Gasteiger partial charge on any atom is 0.223 e. The molecule has 8 heteroatoms. The van der Waals surface area contributed by atoms with Crippen LogP contribution in [0.4, 0.5) is 0 Å². The average molecular weight is 415 g/mol. The lowest BCUT2D eigenvalue weighted by Gasteiger charge is -2.37. The molecule has 162 valence electrons. The van der Waals surface area contributed by atoms with Crippen LogP contribution in [0.25, 0.3) is 11.3 Å². The molecule has 4 rings (SSSR count). The molecule has 2 fully saturated rings. The van der Waals surface area contributed by atoms with Crippen LogP contribution in [0, 0.1) is 5.92 Å². The first-order valence-electron chi connectivity index (χ1n) is 10.8. The average Bonchev–Trinajstić information content (AvgIpc) is 3.20. The summed E-state index contributed by atoms with van der Waals surface area (Å²) < 4.78 is 13.3. The second-order valence-corrected chi connectivity index (χ2v) is 8.16. The molecule has 2 heterocycles. The molecule has 2 aromatic rings. The monoisotopic (exact) mass is 414 g/mol. The van der Waals surface area contributed by atoms with Gasteiger partial charge in [0.1, 0.15) is 17.5 Å². The molecule has 1 aliphatic carbocycles. The smallest absolute Gasteiger partial charge is 0.223 e. The topological polar surface area (TPSA) is 98.5 Å². The lowest BCUT2D eigenvalue weighted by molar-refractivity contribution is -0.134. The number of aryl methyl sites for hydroxylation is 1. The van der Waals surface area contributed by atoms with Gasteiger partial charge in [-0.1, -0.05) is 23.8 Å². The van der Waals surface area contributed by atoms with Crippen molar-refractivity contribution in [3.05, 3.63) is 30.5 Å². The van der Waals surface area contributed by atoms with Gasteiger partial charge in [0.15, 0.2) is 0 Å². The maximum absolute atomic E-state index is 12.2. The number of carbonyl (C=O) groups excluding carboxylic acids is 1. The molecule has 1 aliphatic heterocycles. The highest BCUT2D eigenvalue weighted by Gasteiger charge is 2.34. The highest BCUT2D eigenvalue weighted by atomic mass is 16.5. The first-order chi connectivity index (χ1) is 14.7. The Morgan fingerprint density at radius 2 is 2.13 bits per heavy atom. The van der Waals surface area contributed by atoms with Crippen LogP contribution in [-0.2, 0) is 16.1 Å². The summed E-state index contributed by atoms with van der Waals surface area (Å²) in [5.41, 5.74) is 1.68. The van der Waals surface area contributed by atoms with E-state index in [4.69, 9.17) is 9.47 Å². The Morgan fingerprint density at radius 3 is 2.87 bits per heavy atom. The van der Waals surface area contributed by atoms with E-state index in [9.17, 15) is 9.90 Å². The molecule has 30 heavy (non-hydrogen) atoms. The van der Waals surface area contributed by atoms with E-state index in [2.05, 4.69) is 15.6 Å². The Kier molecular flexibility index (Phi) is 6.64. The number of aliphatic hydroxyl groups is 1. The fourth-order valence-corrected chi connectivity index (χ4v) is 4.14. The molecule has 0 unspecified atom stereocenters. The van der Waals surface area contributed by atoms with Crippen LogP contribution < -0.4 is 10.1 Å². The number of methoxy groups -OCH3 is 1. The van der Waals surface area contributed by atoms with Crippen molar-refractivity contribution in [1.29, 1.82) is 0 Å². The summed E-state index contributed by atoms with van der Waals surface area (Å²) in [6.07, 6.45) is 7.09. The van der Waals surface area contributed by atoms with Crippen LogP contribution >= 0.6 is 0 Å². The van der Waals surface area contributed by atoms with Gasteiger partial charge in [-0.05, 0) is 44.2 Å². The number of ether oxygens (including phenoxy) is 2. The molecule has 1 saturated carbocycles. The summed E-state index contributed by atoms with van der Waals surface area (Å²) in [4.78, 5) is 12.2. The molecule has 0 bridgehead atoms. The molecule has 0 spiro atoms. The number of aliphatic hydroxyl groups excluding tert-OH is 1. The molecule has 1 saturated heterocycles. The molecule has 3 atom stereocenters. The Balaban J connectivity index is 1.29. The van der Waals surface area contributed by atoms with E-state index >= 15 is 0 Å². The second-order valence-electron chi connectivity index (χ2n) is 8.16. The van der Waals surface area contributed by atoms with Crippen molar-refractivity contribution in [1.82, 2.24) is 20.3 Å². The highest BCUT2D eigenvalue weighted by molar-refractivity contribution is 5.79. The van der Waals surface area contributed by atoms with Crippen molar-refractivity contribution in [2.24, 2.45) is 5.92 Å². The third-order valence-electron chi connectivity index (χ3n) is 6.20. The van der Waals surface area contributed by atoms with Crippen LogP contribution in [-0.4, -0.2) is 58.0 Å². The van der Waals surface area contributed by atoms with E-state index in [1.165, 1.54) is 0 Å². The van der Waals surface area contributed by atoms with Crippen molar-refractivity contribution < 1.29 is 19.4 Å². The van der Waals surface area contributed by atoms with E-state index in [0.717, 1.165) is 55.5 Å². The number of carbonyl (C=O) groups is 1. The lowest BCUT2D eigenvalue weighted by Crippen LogP contribution is -2.52. The summed E-state index contributed by atoms with van der Waals surface area (Å²) in [5.74, 6) is 1.02. The van der Waals surface area contributed by atoms with E-state index in [-0.39, 0.29) is 36.7 Å². The summed E-state index contributed by atoms with van der Waals surface area (Å²) in [6, 6.07) is 7.62. The number of amides is 1. The van der Waals surface area contributed by atoms with Gasteiger partial charge in [0.2, 0.25) is 5.91 Å². The minimum atomic E-state index is -0.354. The number of hydrogen-bond acceptors (Lipinski definition) is 6. The van der Waals surface area contributed by atoms with Gasteiger partial charge in [-0.3, -0.25) is 9.48 Å². The van der Waals surface area contributed by atoms with Crippen molar-refractivity contribution in [2.75, 3.05) is 13.7 Å². The van der Waals surface area contributed by atoms with Gasteiger partial charge in [-0.25, -0.2) is 0 Å². The van der Waals surface area contributed by atoms with E-state index in [0.29, 0.717) is 6.54 Å². The molecule has 8 nitrogen and oxygen atoms in total. The number of nitrogens with one attached hydrogen (secondary N) is 1. The van der Waals surface area contributed by atoms with Crippen molar-refractivity contribution in [3.63, 3.8) is 0 Å². The van der Waals surface area contributed by atoms with Gasteiger partial charge in [0, 0.05) is 18.0 Å². The highest BCUT2D eigenvalue weighted by Crippen LogP contribution is 2.29. The van der Waals surface area contributed by atoms with Crippen molar-refractivity contribution in [3.8, 4) is 17.0 Å². The zero-order valence-corrected chi connectivity index (χ0v) is 17.4. The summed E-state index contributed by atoms with van der Waals surface area (Å²) in [5, 5.41) is 21.3. The Hall–Kier alpha value is -2.45. The van der Waals surface area contributed by atoms with E-state index in [1.807, 2.05) is 35.1 Å². The first kappa shape index (κ1) is 20.8. The zero-order chi connectivity index (χ0) is 20.9. The molecule has 2 aliphatic rings. The molecule has 0 radical (unpaired) electrons. The Labute approximate surface area is 176 Å². The molecule has 2 N–H and O–H groups in total. The molecule has 1 aromatic carbocycles. The SMILES string of the molecule is COc1ccccc1-c1cn(CC[C@@H]2CC[C@@H](NC(=O)C3CCC3)[C@@H](CO)O2)nn1. The Morgan fingerprint density at radius 1 is 1.30 bits per heavy atom. The number of benzene rings is 1. The van der Waals surface area contributed by atoms with Crippen LogP contribution in [0.2, 0.25) is 0 Å².